The van der Waals surface area contributed by atoms with Gasteiger partial charge in [-0.2, -0.15) is 0 Å². The summed E-state index contributed by atoms with van der Waals surface area (Å²) in [6.07, 6.45) is 0.263. The first kappa shape index (κ1) is 14.9. The van der Waals surface area contributed by atoms with E-state index in [-0.39, 0.29) is 5.41 Å². The predicted octanol–water partition coefficient (Wildman–Crippen LogP) is 1.85. The van der Waals surface area contributed by atoms with Gasteiger partial charge >= 0.3 is 0 Å². The Hall–Kier alpha value is -0.120. The van der Waals surface area contributed by atoms with Gasteiger partial charge in [-0.3, -0.25) is 0 Å². The van der Waals surface area contributed by atoms with Gasteiger partial charge in [0.2, 0.25) is 0 Å². The van der Waals surface area contributed by atoms with Gasteiger partial charge in [0, 0.05) is 5.41 Å². The lowest BCUT2D eigenvalue weighted by Crippen LogP contribution is -2.43. The van der Waals surface area contributed by atoms with Crippen molar-refractivity contribution >= 4 is 0 Å². The SMILES string of the molecule is CCC(C)(C)C(O)OCC[N+](C)(C)CC. The summed E-state index contributed by atoms with van der Waals surface area (Å²) < 4.78 is 6.41. The summed E-state index contributed by atoms with van der Waals surface area (Å²) in [7, 11) is 4.33. The topological polar surface area (TPSA) is 29.5 Å². The van der Waals surface area contributed by atoms with Gasteiger partial charge in [-0.05, 0) is 13.3 Å². The van der Waals surface area contributed by atoms with Crippen molar-refractivity contribution in [2.45, 2.75) is 40.4 Å². The van der Waals surface area contributed by atoms with E-state index in [1.54, 1.807) is 0 Å². The smallest absolute Gasteiger partial charge is 0.159 e. The molecule has 1 unspecified atom stereocenters. The Kier molecular flexibility index (Phi) is 5.78. The monoisotopic (exact) mass is 218 g/mol. The highest BCUT2D eigenvalue weighted by molar-refractivity contribution is 4.69. The van der Waals surface area contributed by atoms with E-state index in [0.29, 0.717) is 6.61 Å². The standard InChI is InChI=1S/C12H28NO2/c1-7-12(3,4)11(14)15-10-9-13(5,6)8-2/h11,14H,7-10H2,1-6H3/q+1. The molecule has 3 heteroatoms. The summed E-state index contributed by atoms with van der Waals surface area (Å²) in [5.74, 6) is 0. The van der Waals surface area contributed by atoms with Gasteiger partial charge in [-0.25, -0.2) is 0 Å². The van der Waals surface area contributed by atoms with Crippen LogP contribution in [-0.2, 0) is 4.74 Å². The molecule has 0 aromatic rings. The molecule has 0 aromatic heterocycles. The molecule has 3 nitrogen and oxygen atoms in total. The number of likely N-dealkylation sites (N-methyl/N-ethyl adjacent to an activating group) is 1. The van der Waals surface area contributed by atoms with Crippen molar-refractivity contribution in [3.8, 4) is 0 Å². The molecular formula is C12H28NO2+. The van der Waals surface area contributed by atoms with E-state index in [9.17, 15) is 5.11 Å². The first-order valence-electron chi connectivity index (χ1n) is 5.87. The van der Waals surface area contributed by atoms with Crippen molar-refractivity contribution in [3.63, 3.8) is 0 Å². The van der Waals surface area contributed by atoms with Gasteiger partial charge in [0.1, 0.15) is 6.54 Å². The molecule has 1 N–H and O–H groups in total. The zero-order valence-electron chi connectivity index (χ0n) is 11.2. The van der Waals surface area contributed by atoms with Gasteiger partial charge in [0.15, 0.2) is 6.29 Å². The summed E-state index contributed by atoms with van der Waals surface area (Å²) in [5.41, 5.74) is -0.149. The van der Waals surface area contributed by atoms with Crippen LogP contribution < -0.4 is 0 Å². The Balaban J connectivity index is 3.87. The van der Waals surface area contributed by atoms with Crippen molar-refractivity contribution < 1.29 is 14.3 Å². The highest BCUT2D eigenvalue weighted by atomic mass is 16.6. The molecule has 0 rings (SSSR count). The first-order chi connectivity index (χ1) is 6.75. The summed E-state index contributed by atoms with van der Waals surface area (Å²) in [6.45, 7) is 10.9. The van der Waals surface area contributed by atoms with E-state index in [2.05, 4.69) is 27.9 Å². The molecule has 0 aliphatic rings. The number of ether oxygens (including phenoxy) is 1. The van der Waals surface area contributed by atoms with Crippen molar-refractivity contribution in [1.82, 2.24) is 0 Å². The molecule has 0 heterocycles. The summed E-state index contributed by atoms with van der Waals surface area (Å²) in [6, 6.07) is 0. The molecule has 1 atom stereocenters. The van der Waals surface area contributed by atoms with E-state index in [1.165, 1.54) is 0 Å². The zero-order chi connectivity index (χ0) is 12.1. The number of aliphatic hydroxyl groups excluding tert-OH is 1. The third kappa shape index (κ3) is 5.50. The Morgan fingerprint density at radius 2 is 1.80 bits per heavy atom. The van der Waals surface area contributed by atoms with Crippen LogP contribution in [-0.4, -0.2) is 49.7 Å². The minimum absolute atomic E-state index is 0.149. The van der Waals surface area contributed by atoms with Gasteiger partial charge in [-0.15, -0.1) is 0 Å². The molecule has 0 radical (unpaired) electrons. The minimum atomic E-state index is -0.653. The molecule has 0 saturated carbocycles. The van der Waals surface area contributed by atoms with Crippen LogP contribution in [0.2, 0.25) is 0 Å². The van der Waals surface area contributed by atoms with Crippen LogP contribution >= 0.6 is 0 Å². The first-order valence-corrected chi connectivity index (χ1v) is 5.87. The molecule has 0 spiro atoms. The van der Waals surface area contributed by atoms with Crippen molar-refractivity contribution in [2.75, 3.05) is 33.8 Å². The molecule has 15 heavy (non-hydrogen) atoms. The van der Waals surface area contributed by atoms with E-state index >= 15 is 0 Å². The second-order valence-corrected chi connectivity index (χ2v) is 5.54. The largest absolute Gasteiger partial charge is 0.367 e. The molecule has 0 aliphatic heterocycles. The number of aliphatic hydroxyl groups is 1. The summed E-state index contributed by atoms with van der Waals surface area (Å²) in [4.78, 5) is 0. The van der Waals surface area contributed by atoms with Crippen LogP contribution in [0.4, 0.5) is 0 Å². The zero-order valence-corrected chi connectivity index (χ0v) is 11.2. The van der Waals surface area contributed by atoms with Crippen LogP contribution in [0.25, 0.3) is 0 Å². The predicted molar refractivity (Wildman–Crippen MR) is 63.5 cm³/mol. The lowest BCUT2D eigenvalue weighted by Gasteiger charge is -2.32. The van der Waals surface area contributed by atoms with E-state index in [4.69, 9.17) is 4.74 Å². The van der Waals surface area contributed by atoms with Crippen molar-refractivity contribution in [2.24, 2.45) is 5.41 Å². The van der Waals surface area contributed by atoms with Gasteiger partial charge < -0.3 is 14.3 Å². The number of rotatable bonds is 7. The average molecular weight is 218 g/mol. The third-order valence-corrected chi connectivity index (χ3v) is 3.41. The Morgan fingerprint density at radius 1 is 1.27 bits per heavy atom. The molecule has 0 aromatic carbocycles. The van der Waals surface area contributed by atoms with Gasteiger partial charge in [0.25, 0.3) is 0 Å². The highest BCUT2D eigenvalue weighted by Gasteiger charge is 2.27. The van der Waals surface area contributed by atoms with E-state index in [1.807, 2.05) is 13.8 Å². The average Bonchev–Trinajstić information content (AvgIpc) is 2.17. The van der Waals surface area contributed by atoms with Crippen LogP contribution in [0.5, 0.6) is 0 Å². The Labute approximate surface area is 94.6 Å². The normalized spacial score (nSPS) is 15.4. The van der Waals surface area contributed by atoms with Crippen LogP contribution in [0.15, 0.2) is 0 Å². The second-order valence-electron chi connectivity index (χ2n) is 5.54. The van der Waals surface area contributed by atoms with E-state index < -0.39 is 6.29 Å². The number of hydrogen-bond acceptors (Lipinski definition) is 2. The van der Waals surface area contributed by atoms with Crippen LogP contribution in [0, 0.1) is 5.41 Å². The quantitative estimate of drug-likeness (QED) is 0.522. The second kappa shape index (κ2) is 5.83. The van der Waals surface area contributed by atoms with E-state index in [0.717, 1.165) is 24.0 Å². The maximum absolute atomic E-state index is 9.82. The Morgan fingerprint density at radius 3 is 2.20 bits per heavy atom. The highest BCUT2D eigenvalue weighted by Crippen LogP contribution is 2.25. The summed E-state index contributed by atoms with van der Waals surface area (Å²) in [5, 5.41) is 9.82. The number of nitrogens with zero attached hydrogens (tertiary/aromatic N) is 1. The molecule has 0 saturated heterocycles. The van der Waals surface area contributed by atoms with Gasteiger partial charge in [-0.1, -0.05) is 20.8 Å². The molecule has 0 aliphatic carbocycles. The van der Waals surface area contributed by atoms with Crippen molar-refractivity contribution in [1.29, 1.82) is 0 Å². The maximum atomic E-state index is 9.82. The minimum Gasteiger partial charge on any atom is -0.367 e. The molecule has 0 amide bonds. The molecule has 92 valence electrons. The molecule has 0 bridgehead atoms. The van der Waals surface area contributed by atoms with Crippen LogP contribution in [0.3, 0.4) is 0 Å². The number of hydrogen-bond donors (Lipinski definition) is 1. The molecular weight excluding hydrogens is 190 g/mol. The maximum Gasteiger partial charge on any atom is 0.159 e. The fraction of sp³-hybridized carbons (Fsp3) is 1.00. The van der Waals surface area contributed by atoms with Crippen LogP contribution in [0.1, 0.15) is 34.1 Å². The number of quaternary nitrogens is 1. The Bertz CT molecular complexity index is 178. The third-order valence-electron chi connectivity index (χ3n) is 3.41. The fourth-order valence-corrected chi connectivity index (χ4v) is 0.970. The molecule has 0 fully saturated rings. The lowest BCUT2D eigenvalue weighted by atomic mass is 9.89. The van der Waals surface area contributed by atoms with Crippen molar-refractivity contribution in [3.05, 3.63) is 0 Å². The summed E-state index contributed by atoms with van der Waals surface area (Å²) >= 11 is 0. The van der Waals surface area contributed by atoms with Gasteiger partial charge in [0.05, 0.1) is 27.2 Å². The fourth-order valence-electron chi connectivity index (χ4n) is 0.970. The lowest BCUT2D eigenvalue weighted by molar-refractivity contribution is -0.889.